The molecule has 2 rings (SSSR count). The predicted octanol–water partition coefficient (Wildman–Crippen LogP) is 1.08. The first-order valence-electron chi connectivity index (χ1n) is 8.19. The van der Waals surface area contributed by atoms with Crippen LogP contribution >= 0.6 is 11.8 Å². The second-order valence-electron chi connectivity index (χ2n) is 5.51. The number of nitrogens with zero attached hydrogens (tertiary/aromatic N) is 1. The fourth-order valence-corrected chi connectivity index (χ4v) is 5.45. The SMILES string of the molecule is CCOC(=O)C1CSCN1S(=O)(=O)CCNC(=O)C=Cc1ccccc1. The summed E-state index contributed by atoms with van der Waals surface area (Å²) in [6, 6.07) is 8.52. The molecular formula is C17H22N2O5S2. The number of hydrogen-bond acceptors (Lipinski definition) is 6. The molecule has 1 aromatic rings. The number of esters is 1. The third-order valence-corrected chi connectivity index (χ3v) is 6.64. The summed E-state index contributed by atoms with van der Waals surface area (Å²) in [6.07, 6.45) is 3.01. The Labute approximate surface area is 157 Å². The highest BCUT2D eigenvalue weighted by Crippen LogP contribution is 2.25. The van der Waals surface area contributed by atoms with Crippen molar-refractivity contribution in [3.05, 3.63) is 42.0 Å². The van der Waals surface area contributed by atoms with Crippen molar-refractivity contribution in [2.45, 2.75) is 13.0 Å². The van der Waals surface area contributed by atoms with Gasteiger partial charge in [-0.15, -0.1) is 11.8 Å². The maximum atomic E-state index is 12.4. The highest BCUT2D eigenvalue weighted by Gasteiger charge is 2.39. The smallest absolute Gasteiger partial charge is 0.325 e. The molecular weight excluding hydrogens is 376 g/mol. The van der Waals surface area contributed by atoms with Gasteiger partial charge in [0.05, 0.1) is 18.2 Å². The number of nitrogens with one attached hydrogen (secondary N) is 1. The largest absolute Gasteiger partial charge is 0.465 e. The van der Waals surface area contributed by atoms with E-state index in [0.29, 0.717) is 5.75 Å². The molecule has 0 spiro atoms. The first-order chi connectivity index (χ1) is 12.4. The van der Waals surface area contributed by atoms with Crippen LogP contribution in [0.4, 0.5) is 0 Å². The van der Waals surface area contributed by atoms with Gasteiger partial charge in [0.1, 0.15) is 6.04 Å². The topological polar surface area (TPSA) is 92.8 Å². The van der Waals surface area contributed by atoms with Crippen LogP contribution < -0.4 is 5.32 Å². The van der Waals surface area contributed by atoms with Crippen molar-refractivity contribution in [3.8, 4) is 0 Å². The van der Waals surface area contributed by atoms with Gasteiger partial charge in [-0.1, -0.05) is 30.3 Å². The van der Waals surface area contributed by atoms with Gasteiger partial charge in [-0.3, -0.25) is 9.59 Å². The van der Waals surface area contributed by atoms with Crippen LogP contribution in [0, 0.1) is 0 Å². The predicted molar refractivity (Wildman–Crippen MR) is 102 cm³/mol. The van der Waals surface area contributed by atoms with Crippen LogP contribution in [0.15, 0.2) is 36.4 Å². The van der Waals surface area contributed by atoms with Crippen LogP contribution in [0.5, 0.6) is 0 Å². The molecule has 1 N–H and O–H groups in total. The normalized spacial score (nSPS) is 18.1. The van der Waals surface area contributed by atoms with Gasteiger partial charge in [-0.05, 0) is 18.6 Å². The maximum Gasteiger partial charge on any atom is 0.325 e. The lowest BCUT2D eigenvalue weighted by Gasteiger charge is -2.21. The monoisotopic (exact) mass is 398 g/mol. The summed E-state index contributed by atoms with van der Waals surface area (Å²) in [4.78, 5) is 23.7. The molecule has 1 saturated heterocycles. The molecule has 7 nitrogen and oxygen atoms in total. The minimum Gasteiger partial charge on any atom is -0.465 e. The van der Waals surface area contributed by atoms with E-state index in [2.05, 4.69) is 5.32 Å². The van der Waals surface area contributed by atoms with Gasteiger partial charge in [-0.2, -0.15) is 4.31 Å². The number of carbonyl (C=O) groups excluding carboxylic acids is 2. The summed E-state index contributed by atoms with van der Waals surface area (Å²) in [5.41, 5.74) is 0.877. The van der Waals surface area contributed by atoms with E-state index in [1.54, 1.807) is 13.0 Å². The Morgan fingerprint density at radius 2 is 2.08 bits per heavy atom. The molecule has 0 aromatic heterocycles. The molecule has 0 saturated carbocycles. The molecule has 1 atom stereocenters. The summed E-state index contributed by atoms with van der Waals surface area (Å²) in [6.45, 7) is 1.85. The summed E-state index contributed by atoms with van der Waals surface area (Å²) < 4.78 is 31.0. The van der Waals surface area contributed by atoms with Crippen LogP contribution in [0.2, 0.25) is 0 Å². The lowest BCUT2D eigenvalue weighted by molar-refractivity contribution is -0.146. The van der Waals surface area contributed by atoms with Crippen LogP contribution in [0.1, 0.15) is 12.5 Å². The quantitative estimate of drug-likeness (QED) is 0.520. The standard InChI is InChI=1S/C17H22N2O5S2/c1-2-24-17(21)15-12-25-13-19(15)26(22,23)11-10-18-16(20)9-8-14-6-4-3-5-7-14/h3-9,15H,2,10-13H2,1H3,(H,18,20). The first-order valence-corrected chi connectivity index (χ1v) is 11.0. The van der Waals surface area contributed by atoms with Crippen LogP contribution in [0.3, 0.4) is 0 Å². The van der Waals surface area contributed by atoms with Crippen molar-refractivity contribution in [2.75, 3.05) is 30.5 Å². The zero-order valence-corrected chi connectivity index (χ0v) is 16.1. The summed E-state index contributed by atoms with van der Waals surface area (Å²) in [5, 5.41) is 2.55. The first kappa shape index (κ1) is 20.5. The van der Waals surface area contributed by atoms with E-state index in [1.807, 2.05) is 30.3 Å². The van der Waals surface area contributed by atoms with Gasteiger partial charge in [0.25, 0.3) is 0 Å². The average Bonchev–Trinajstić information content (AvgIpc) is 3.12. The summed E-state index contributed by atoms with van der Waals surface area (Å²) in [7, 11) is -3.66. The number of thioether (sulfide) groups is 1. The van der Waals surface area contributed by atoms with Crippen molar-refractivity contribution in [1.29, 1.82) is 0 Å². The third kappa shape index (κ3) is 5.86. The molecule has 142 valence electrons. The second-order valence-corrected chi connectivity index (χ2v) is 8.55. The van der Waals surface area contributed by atoms with E-state index >= 15 is 0 Å². The molecule has 1 fully saturated rings. The number of amides is 1. The van der Waals surface area contributed by atoms with Crippen molar-refractivity contribution >= 4 is 39.7 Å². The number of carbonyl (C=O) groups is 2. The average molecular weight is 399 g/mol. The van der Waals surface area contributed by atoms with Gasteiger partial charge in [0.2, 0.25) is 15.9 Å². The van der Waals surface area contributed by atoms with E-state index in [4.69, 9.17) is 4.74 Å². The molecule has 0 bridgehead atoms. The Bertz CT molecular complexity index is 750. The van der Waals surface area contributed by atoms with Crippen LogP contribution in [0.25, 0.3) is 6.08 Å². The van der Waals surface area contributed by atoms with E-state index < -0.39 is 22.0 Å². The van der Waals surface area contributed by atoms with E-state index in [1.165, 1.54) is 17.8 Å². The molecule has 9 heteroatoms. The molecule has 1 unspecified atom stereocenters. The van der Waals surface area contributed by atoms with Crippen LogP contribution in [-0.2, 0) is 24.3 Å². The molecule has 1 aliphatic rings. The third-order valence-electron chi connectivity index (χ3n) is 3.64. The zero-order valence-electron chi connectivity index (χ0n) is 14.5. The van der Waals surface area contributed by atoms with Crippen molar-refractivity contribution in [3.63, 3.8) is 0 Å². The van der Waals surface area contributed by atoms with Crippen molar-refractivity contribution < 1.29 is 22.7 Å². The van der Waals surface area contributed by atoms with Crippen molar-refractivity contribution in [1.82, 2.24) is 9.62 Å². The fourth-order valence-electron chi connectivity index (χ4n) is 2.34. The summed E-state index contributed by atoms with van der Waals surface area (Å²) in [5.74, 6) is -0.579. The van der Waals surface area contributed by atoms with E-state index in [0.717, 1.165) is 9.87 Å². The number of benzene rings is 1. The Balaban J connectivity index is 1.84. The minimum atomic E-state index is -3.66. The highest BCUT2D eigenvalue weighted by molar-refractivity contribution is 8.00. The van der Waals surface area contributed by atoms with Gasteiger partial charge in [0, 0.05) is 18.4 Å². The van der Waals surface area contributed by atoms with Gasteiger partial charge >= 0.3 is 5.97 Å². The number of sulfonamides is 1. The number of ether oxygens (including phenoxy) is 1. The molecule has 1 amide bonds. The van der Waals surface area contributed by atoms with Crippen LogP contribution in [-0.4, -0.2) is 61.2 Å². The van der Waals surface area contributed by atoms with Gasteiger partial charge in [0.15, 0.2) is 0 Å². The van der Waals surface area contributed by atoms with E-state index in [-0.39, 0.29) is 30.7 Å². The Kier molecular flexibility index (Phi) is 7.67. The molecule has 1 aromatic carbocycles. The fraction of sp³-hybridized carbons (Fsp3) is 0.412. The Hall–Kier alpha value is -1.84. The molecule has 26 heavy (non-hydrogen) atoms. The number of hydrogen-bond donors (Lipinski definition) is 1. The lowest BCUT2D eigenvalue weighted by atomic mass is 10.2. The Morgan fingerprint density at radius 1 is 1.35 bits per heavy atom. The Morgan fingerprint density at radius 3 is 2.77 bits per heavy atom. The van der Waals surface area contributed by atoms with Gasteiger partial charge < -0.3 is 10.1 Å². The lowest BCUT2D eigenvalue weighted by Crippen LogP contribution is -2.45. The minimum absolute atomic E-state index is 0.0307. The molecule has 1 aliphatic heterocycles. The molecule has 1 heterocycles. The summed E-state index contributed by atoms with van der Waals surface area (Å²) >= 11 is 1.36. The molecule has 0 aliphatic carbocycles. The van der Waals surface area contributed by atoms with E-state index in [9.17, 15) is 18.0 Å². The van der Waals surface area contributed by atoms with Crippen molar-refractivity contribution in [2.24, 2.45) is 0 Å². The molecule has 0 radical (unpaired) electrons. The van der Waals surface area contributed by atoms with Gasteiger partial charge in [-0.25, -0.2) is 8.42 Å². The highest BCUT2D eigenvalue weighted by atomic mass is 32.2. The number of rotatable bonds is 8. The zero-order chi connectivity index (χ0) is 19.0. The maximum absolute atomic E-state index is 12.4. The second kappa shape index (κ2) is 9.75.